The number of halogens is 1. The van der Waals surface area contributed by atoms with E-state index < -0.39 is 15.8 Å². The lowest BCUT2D eigenvalue weighted by atomic mass is 10.2. The molecule has 0 saturated carbocycles. The number of benzene rings is 1. The molecule has 0 radical (unpaired) electrons. The average Bonchev–Trinajstić information content (AvgIpc) is 2.92. The van der Waals surface area contributed by atoms with E-state index >= 15 is 0 Å². The summed E-state index contributed by atoms with van der Waals surface area (Å²) >= 11 is 0. The number of nitrogens with zero attached hydrogens (tertiary/aromatic N) is 2. The molecule has 6 nitrogen and oxygen atoms in total. The third kappa shape index (κ3) is 3.33. The summed E-state index contributed by atoms with van der Waals surface area (Å²) in [7, 11) is -2.01. The molecule has 0 spiro atoms. The number of hydrogen-bond donors (Lipinski definition) is 2. The first-order chi connectivity index (χ1) is 9.81. The topological polar surface area (TPSA) is 78.1 Å². The van der Waals surface area contributed by atoms with Crippen LogP contribution in [0.4, 0.5) is 15.8 Å². The average molecular weight is 312 g/mol. The van der Waals surface area contributed by atoms with Crippen molar-refractivity contribution in [3.63, 3.8) is 0 Å². The maximum atomic E-state index is 14.1. The Morgan fingerprint density at radius 2 is 2.10 bits per heavy atom. The van der Waals surface area contributed by atoms with E-state index in [0.29, 0.717) is 5.69 Å². The van der Waals surface area contributed by atoms with E-state index in [4.69, 9.17) is 0 Å². The van der Waals surface area contributed by atoms with Gasteiger partial charge in [0.2, 0.25) is 0 Å². The highest BCUT2D eigenvalue weighted by molar-refractivity contribution is 7.92. The largest absolute Gasteiger partial charge is 0.370 e. The van der Waals surface area contributed by atoms with Crippen molar-refractivity contribution in [2.24, 2.45) is 0 Å². The van der Waals surface area contributed by atoms with Gasteiger partial charge in [-0.2, -0.15) is 8.42 Å². The van der Waals surface area contributed by atoms with Crippen LogP contribution in [0.1, 0.15) is 13.8 Å². The zero-order valence-electron chi connectivity index (χ0n) is 12.0. The fourth-order valence-electron chi connectivity index (χ4n) is 1.73. The third-order valence-corrected chi connectivity index (χ3v) is 4.42. The SMILES string of the molecule is CC(C)N(C)c1ccc(NS(=O)(=O)c2cnc[nH]2)cc1F. The number of nitrogens with one attached hydrogen (secondary N) is 2. The first-order valence-corrected chi connectivity index (χ1v) is 7.83. The smallest absolute Gasteiger partial charge is 0.278 e. The molecule has 0 saturated heterocycles. The predicted octanol–water partition coefficient (Wildman–Crippen LogP) is 2.19. The Hall–Kier alpha value is -2.09. The number of hydrogen-bond acceptors (Lipinski definition) is 4. The number of anilines is 2. The van der Waals surface area contributed by atoms with E-state index in [2.05, 4.69) is 14.7 Å². The lowest BCUT2D eigenvalue weighted by Gasteiger charge is -2.24. The molecule has 8 heteroatoms. The summed E-state index contributed by atoms with van der Waals surface area (Å²) < 4.78 is 40.4. The molecule has 0 unspecified atom stereocenters. The number of H-pyrrole nitrogens is 1. The standard InChI is InChI=1S/C13H17FN4O2S/c1-9(2)18(3)12-5-4-10(6-11(12)14)17-21(19,20)13-7-15-8-16-13/h4-9,17H,1-3H3,(H,15,16). The Balaban J connectivity index is 2.26. The minimum Gasteiger partial charge on any atom is -0.370 e. The van der Waals surface area contributed by atoms with Crippen molar-refractivity contribution in [2.45, 2.75) is 24.9 Å². The molecule has 1 aromatic heterocycles. The molecular weight excluding hydrogens is 295 g/mol. The molecule has 1 heterocycles. The van der Waals surface area contributed by atoms with Gasteiger partial charge >= 0.3 is 0 Å². The van der Waals surface area contributed by atoms with Crippen LogP contribution in [-0.2, 0) is 10.0 Å². The van der Waals surface area contributed by atoms with Crippen molar-refractivity contribution in [1.29, 1.82) is 0 Å². The summed E-state index contributed by atoms with van der Waals surface area (Å²) in [5.74, 6) is -0.490. The Kier molecular flexibility index (Phi) is 4.17. The molecule has 0 aliphatic heterocycles. The minimum absolute atomic E-state index is 0.0775. The monoisotopic (exact) mass is 312 g/mol. The summed E-state index contributed by atoms with van der Waals surface area (Å²) in [6, 6.07) is 4.35. The molecule has 1 aromatic carbocycles. The minimum atomic E-state index is -3.78. The van der Waals surface area contributed by atoms with Crippen LogP contribution >= 0.6 is 0 Å². The maximum Gasteiger partial charge on any atom is 0.278 e. The molecular formula is C13H17FN4O2S. The molecule has 0 fully saturated rings. The van der Waals surface area contributed by atoms with Crippen LogP contribution in [0.25, 0.3) is 0 Å². The molecule has 0 atom stereocenters. The fourth-order valence-corrected chi connectivity index (χ4v) is 2.69. The first kappa shape index (κ1) is 15.3. The van der Waals surface area contributed by atoms with Gasteiger partial charge in [-0.25, -0.2) is 9.37 Å². The summed E-state index contributed by atoms with van der Waals surface area (Å²) in [6.45, 7) is 3.88. The Morgan fingerprint density at radius 3 is 2.62 bits per heavy atom. The van der Waals surface area contributed by atoms with Gasteiger partial charge in [-0.1, -0.05) is 0 Å². The van der Waals surface area contributed by atoms with Crippen molar-refractivity contribution in [2.75, 3.05) is 16.7 Å². The second kappa shape index (κ2) is 5.72. The zero-order chi connectivity index (χ0) is 15.6. The molecule has 0 aliphatic rings. The van der Waals surface area contributed by atoms with Gasteiger partial charge in [0.15, 0.2) is 5.03 Å². The van der Waals surface area contributed by atoms with E-state index in [0.717, 1.165) is 6.07 Å². The first-order valence-electron chi connectivity index (χ1n) is 6.35. The highest BCUT2D eigenvalue weighted by Gasteiger charge is 2.17. The van der Waals surface area contributed by atoms with Crippen LogP contribution in [0, 0.1) is 5.82 Å². The Labute approximate surface area is 123 Å². The van der Waals surface area contributed by atoms with Gasteiger partial charge in [0.25, 0.3) is 10.0 Å². The van der Waals surface area contributed by atoms with Gasteiger partial charge in [-0.05, 0) is 26.0 Å². The van der Waals surface area contributed by atoms with Crippen LogP contribution < -0.4 is 9.62 Å². The van der Waals surface area contributed by atoms with Crippen molar-refractivity contribution in [3.8, 4) is 0 Å². The molecule has 0 aliphatic carbocycles. The second-order valence-corrected chi connectivity index (χ2v) is 6.54. The van der Waals surface area contributed by atoms with E-state index in [1.807, 2.05) is 13.8 Å². The Morgan fingerprint density at radius 1 is 1.38 bits per heavy atom. The third-order valence-electron chi connectivity index (χ3n) is 3.12. The number of imidazole rings is 1. The molecule has 2 N–H and O–H groups in total. The van der Waals surface area contributed by atoms with Crippen molar-refractivity contribution >= 4 is 21.4 Å². The molecule has 0 bridgehead atoms. The number of aromatic nitrogens is 2. The van der Waals surface area contributed by atoms with Crippen LogP contribution in [0.15, 0.2) is 35.7 Å². The highest BCUT2D eigenvalue weighted by atomic mass is 32.2. The van der Waals surface area contributed by atoms with Crippen molar-refractivity contribution in [3.05, 3.63) is 36.5 Å². The summed E-state index contributed by atoms with van der Waals surface area (Å²) in [4.78, 5) is 7.91. The molecule has 21 heavy (non-hydrogen) atoms. The van der Waals surface area contributed by atoms with Crippen molar-refractivity contribution < 1.29 is 12.8 Å². The van der Waals surface area contributed by atoms with Gasteiger partial charge in [0.05, 0.1) is 23.9 Å². The lowest BCUT2D eigenvalue weighted by Crippen LogP contribution is -2.26. The fraction of sp³-hybridized carbons (Fsp3) is 0.308. The van der Waals surface area contributed by atoms with Crippen LogP contribution in [0.5, 0.6) is 0 Å². The van der Waals surface area contributed by atoms with Crippen molar-refractivity contribution in [1.82, 2.24) is 9.97 Å². The normalized spacial score (nSPS) is 11.7. The van der Waals surface area contributed by atoms with Crippen LogP contribution in [0.2, 0.25) is 0 Å². The highest BCUT2D eigenvalue weighted by Crippen LogP contribution is 2.24. The molecule has 2 aromatic rings. The van der Waals surface area contributed by atoms with Gasteiger partial charge in [-0.15, -0.1) is 0 Å². The van der Waals surface area contributed by atoms with E-state index in [1.165, 1.54) is 18.6 Å². The summed E-state index contributed by atoms with van der Waals surface area (Å²) in [5.41, 5.74) is 0.567. The van der Waals surface area contributed by atoms with Crippen LogP contribution in [0.3, 0.4) is 0 Å². The number of sulfonamides is 1. The van der Waals surface area contributed by atoms with E-state index in [-0.39, 0.29) is 16.8 Å². The quantitative estimate of drug-likeness (QED) is 0.887. The second-order valence-electron chi connectivity index (χ2n) is 4.89. The molecule has 2 rings (SSSR count). The Bertz CT molecular complexity index is 714. The zero-order valence-corrected chi connectivity index (χ0v) is 12.8. The number of aromatic amines is 1. The summed E-state index contributed by atoms with van der Waals surface area (Å²) in [5, 5.41) is -0.0775. The maximum absolute atomic E-state index is 14.1. The van der Waals surface area contributed by atoms with Crippen LogP contribution in [-0.4, -0.2) is 31.5 Å². The lowest BCUT2D eigenvalue weighted by molar-refractivity contribution is 0.598. The van der Waals surface area contributed by atoms with Gasteiger partial charge in [0, 0.05) is 19.2 Å². The van der Waals surface area contributed by atoms with E-state index in [9.17, 15) is 12.8 Å². The number of rotatable bonds is 5. The molecule has 0 amide bonds. The summed E-state index contributed by atoms with van der Waals surface area (Å²) in [6.07, 6.45) is 2.44. The van der Waals surface area contributed by atoms with E-state index in [1.54, 1.807) is 18.0 Å². The van der Waals surface area contributed by atoms with Gasteiger partial charge < -0.3 is 9.88 Å². The van der Waals surface area contributed by atoms with Gasteiger partial charge in [0.1, 0.15) is 5.82 Å². The van der Waals surface area contributed by atoms with Gasteiger partial charge in [-0.3, -0.25) is 4.72 Å². The predicted molar refractivity (Wildman–Crippen MR) is 79.3 cm³/mol. The molecule has 114 valence electrons.